The molecule has 20 heavy (non-hydrogen) atoms. The van der Waals surface area contributed by atoms with E-state index in [-0.39, 0.29) is 17.6 Å². The van der Waals surface area contributed by atoms with E-state index in [1.807, 2.05) is 18.4 Å². The molecule has 2 rings (SSSR count). The van der Waals surface area contributed by atoms with Crippen molar-refractivity contribution in [2.24, 2.45) is 5.84 Å². The van der Waals surface area contributed by atoms with Crippen LogP contribution < -0.4 is 16.6 Å². The van der Waals surface area contributed by atoms with Crippen LogP contribution in [0.15, 0.2) is 29.0 Å². The van der Waals surface area contributed by atoms with E-state index in [9.17, 15) is 4.79 Å². The molecule has 5 nitrogen and oxygen atoms in total. The third-order valence-corrected chi connectivity index (χ3v) is 3.75. The first kappa shape index (κ1) is 14.8. The van der Waals surface area contributed by atoms with Crippen LogP contribution in [-0.4, -0.2) is 16.9 Å². The molecule has 4 N–H and O–H groups in total. The highest BCUT2D eigenvalue weighted by Gasteiger charge is 2.15. The van der Waals surface area contributed by atoms with Crippen molar-refractivity contribution >= 4 is 34.7 Å². The second-order valence-electron chi connectivity index (χ2n) is 4.38. The van der Waals surface area contributed by atoms with Gasteiger partial charge in [0.25, 0.3) is 5.91 Å². The van der Waals surface area contributed by atoms with Crippen LogP contribution in [0.25, 0.3) is 0 Å². The SMILES string of the molecule is CC(Cc1ccsc1)NC(=O)c1nc(NN)ccc1Cl. The Balaban J connectivity index is 2.04. The molecule has 106 valence electrons. The molecular formula is C13H15ClN4OS. The molecule has 1 amide bonds. The fourth-order valence-electron chi connectivity index (χ4n) is 1.79. The first-order valence-electron chi connectivity index (χ1n) is 6.05. The van der Waals surface area contributed by atoms with E-state index in [1.54, 1.807) is 23.5 Å². The summed E-state index contributed by atoms with van der Waals surface area (Å²) in [4.78, 5) is 16.2. The number of hydrogen-bond donors (Lipinski definition) is 3. The van der Waals surface area contributed by atoms with Crippen molar-refractivity contribution in [1.82, 2.24) is 10.3 Å². The lowest BCUT2D eigenvalue weighted by Crippen LogP contribution is -2.34. The van der Waals surface area contributed by atoms with Gasteiger partial charge in [-0.05, 0) is 47.9 Å². The number of anilines is 1. The predicted molar refractivity (Wildman–Crippen MR) is 82.0 cm³/mol. The summed E-state index contributed by atoms with van der Waals surface area (Å²) in [5.74, 6) is 5.36. The van der Waals surface area contributed by atoms with E-state index in [2.05, 4.69) is 21.1 Å². The summed E-state index contributed by atoms with van der Waals surface area (Å²) in [6.07, 6.45) is 0.766. The molecule has 0 fully saturated rings. The lowest BCUT2D eigenvalue weighted by atomic mass is 10.1. The van der Waals surface area contributed by atoms with Gasteiger partial charge in [-0.3, -0.25) is 4.79 Å². The fraction of sp³-hybridized carbons (Fsp3) is 0.231. The molecule has 0 aliphatic rings. The van der Waals surface area contributed by atoms with Gasteiger partial charge in [0.1, 0.15) is 11.5 Å². The average molecular weight is 311 g/mol. The topological polar surface area (TPSA) is 80.0 Å². The predicted octanol–water partition coefficient (Wildman–Crippen LogP) is 2.44. The molecule has 2 heterocycles. The number of rotatable bonds is 5. The van der Waals surface area contributed by atoms with Crippen molar-refractivity contribution < 1.29 is 4.79 Å². The Bertz CT molecular complexity index is 588. The molecule has 0 saturated carbocycles. The van der Waals surface area contributed by atoms with E-state index in [0.717, 1.165) is 6.42 Å². The number of pyridine rings is 1. The van der Waals surface area contributed by atoms with Gasteiger partial charge in [0.2, 0.25) is 0 Å². The summed E-state index contributed by atoms with van der Waals surface area (Å²) in [6.45, 7) is 1.94. The number of nitrogens with two attached hydrogens (primary N) is 1. The largest absolute Gasteiger partial charge is 0.348 e. The zero-order chi connectivity index (χ0) is 14.5. The zero-order valence-electron chi connectivity index (χ0n) is 10.9. The molecular weight excluding hydrogens is 296 g/mol. The van der Waals surface area contributed by atoms with Crippen molar-refractivity contribution in [1.29, 1.82) is 0 Å². The molecule has 0 bridgehead atoms. The summed E-state index contributed by atoms with van der Waals surface area (Å²) >= 11 is 7.62. The summed E-state index contributed by atoms with van der Waals surface area (Å²) in [7, 11) is 0. The van der Waals surface area contributed by atoms with Gasteiger partial charge in [0.05, 0.1) is 5.02 Å². The van der Waals surface area contributed by atoms with Crippen LogP contribution in [-0.2, 0) is 6.42 Å². The number of nitrogen functional groups attached to an aromatic ring is 1. The van der Waals surface area contributed by atoms with Gasteiger partial charge >= 0.3 is 0 Å². The van der Waals surface area contributed by atoms with E-state index < -0.39 is 0 Å². The Morgan fingerprint density at radius 3 is 2.95 bits per heavy atom. The molecule has 1 atom stereocenters. The molecule has 0 saturated heterocycles. The molecule has 2 aromatic rings. The van der Waals surface area contributed by atoms with Crippen molar-refractivity contribution in [3.8, 4) is 0 Å². The fourth-order valence-corrected chi connectivity index (χ4v) is 2.66. The summed E-state index contributed by atoms with van der Waals surface area (Å²) in [6, 6.07) is 5.22. The number of nitrogens with zero attached hydrogens (tertiary/aromatic N) is 1. The number of nitrogens with one attached hydrogen (secondary N) is 2. The van der Waals surface area contributed by atoms with Gasteiger partial charge in [-0.2, -0.15) is 11.3 Å². The second-order valence-corrected chi connectivity index (χ2v) is 5.57. The Labute approximate surface area is 126 Å². The number of amides is 1. The lowest BCUT2D eigenvalue weighted by molar-refractivity contribution is 0.0935. The molecule has 0 radical (unpaired) electrons. The molecule has 0 spiro atoms. The quantitative estimate of drug-likeness (QED) is 0.585. The third kappa shape index (κ3) is 3.69. The Morgan fingerprint density at radius 1 is 1.50 bits per heavy atom. The van der Waals surface area contributed by atoms with Crippen molar-refractivity contribution in [2.45, 2.75) is 19.4 Å². The second kappa shape index (κ2) is 6.69. The summed E-state index contributed by atoms with van der Waals surface area (Å²) in [5.41, 5.74) is 3.75. The van der Waals surface area contributed by atoms with Gasteiger partial charge in [0.15, 0.2) is 0 Å². The molecule has 7 heteroatoms. The van der Waals surface area contributed by atoms with Crippen LogP contribution in [0.4, 0.5) is 5.82 Å². The van der Waals surface area contributed by atoms with Crippen LogP contribution in [0.3, 0.4) is 0 Å². The highest BCUT2D eigenvalue weighted by Crippen LogP contribution is 2.16. The van der Waals surface area contributed by atoms with Gasteiger partial charge in [-0.15, -0.1) is 0 Å². The number of aromatic nitrogens is 1. The van der Waals surface area contributed by atoms with Gasteiger partial charge in [-0.1, -0.05) is 11.6 Å². The molecule has 0 aliphatic heterocycles. The molecule has 0 aromatic carbocycles. The number of carbonyl (C=O) groups is 1. The number of hydrogen-bond acceptors (Lipinski definition) is 5. The smallest absolute Gasteiger partial charge is 0.271 e. The van der Waals surface area contributed by atoms with Gasteiger partial charge < -0.3 is 10.7 Å². The highest BCUT2D eigenvalue weighted by molar-refractivity contribution is 7.07. The number of carbonyl (C=O) groups excluding carboxylic acids is 1. The van der Waals surface area contributed by atoms with E-state index >= 15 is 0 Å². The molecule has 2 aromatic heterocycles. The Hall–Kier alpha value is -1.63. The van der Waals surface area contributed by atoms with Crippen LogP contribution in [0.1, 0.15) is 23.0 Å². The summed E-state index contributed by atoms with van der Waals surface area (Å²) in [5, 5.41) is 7.25. The van der Waals surface area contributed by atoms with Crippen LogP contribution in [0.5, 0.6) is 0 Å². The lowest BCUT2D eigenvalue weighted by Gasteiger charge is -2.13. The van der Waals surface area contributed by atoms with Gasteiger partial charge in [0, 0.05) is 6.04 Å². The Morgan fingerprint density at radius 2 is 2.30 bits per heavy atom. The maximum Gasteiger partial charge on any atom is 0.271 e. The van der Waals surface area contributed by atoms with E-state index in [0.29, 0.717) is 10.8 Å². The van der Waals surface area contributed by atoms with Crippen LogP contribution >= 0.6 is 22.9 Å². The maximum atomic E-state index is 12.1. The normalized spacial score (nSPS) is 11.9. The zero-order valence-corrected chi connectivity index (χ0v) is 12.5. The minimum atomic E-state index is -0.310. The minimum Gasteiger partial charge on any atom is -0.348 e. The van der Waals surface area contributed by atoms with E-state index in [4.69, 9.17) is 17.4 Å². The summed E-state index contributed by atoms with van der Waals surface area (Å²) < 4.78 is 0. The number of thiophene rings is 1. The molecule has 1 unspecified atom stereocenters. The highest BCUT2D eigenvalue weighted by atomic mass is 35.5. The molecule has 0 aliphatic carbocycles. The first-order chi connectivity index (χ1) is 9.60. The van der Waals surface area contributed by atoms with Crippen LogP contribution in [0, 0.1) is 0 Å². The third-order valence-electron chi connectivity index (χ3n) is 2.71. The average Bonchev–Trinajstić information content (AvgIpc) is 2.91. The van der Waals surface area contributed by atoms with E-state index in [1.165, 1.54) is 5.56 Å². The minimum absolute atomic E-state index is 0.00976. The number of hydrazine groups is 1. The Kier molecular flexibility index (Phi) is 4.94. The monoisotopic (exact) mass is 310 g/mol. The standard InChI is InChI=1S/C13H15ClN4OS/c1-8(6-9-4-5-20-7-9)16-13(19)12-10(14)2-3-11(17-12)18-15/h2-5,7-8H,6,15H2,1H3,(H,16,19)(H,17,18). The van der Waals surface area contributed by atoms with Crippen molar-refractivity contribution in [3.05, 3.63) is 45.2 Å². The van der Waals surface area contributed by atoms with Crippen molar-refractivity contribution in [2.75, 3.05) is 5.43 Å². The first-order valence-corrected chi connectivity index (χ1v) is 7.37. The maximum absolute atomic E-state index is 12.1. The number of halogens is 1. The van der Waals surface area contributed by atoms with Crippen LogP contribution in [0.2, 0.25) is 5.02 Å². The van der Waals surface area contributed by atoms with Crippen molar-refractivity contribution in [3.63, 3.8) is 0 Å². The van der Waals surface area contributed by atoms with Gasteiger partial charge in [-0.25, -0.2) is 10.8 Å².